The van der Waals surface area contributed by atoms with Crippen molar-refractivity contribution in [3.05, 3.63) is 0 Å². The van der Waals surface area contributed by atoms with Crippen LogP contribution in [-0.4, -0.2) is 24.0 Å². The molecule has 0 spiro atoms. The minimum absolute atomic E-state index is 0.111. The van der Waals surface area contributed by atoms with Crippen LogP contribution in [0.25, 0.3) is 0 Å². The molecule has 4 heteroatoms. The minimum atomic E-state index is 0.111. The van der Waals surface area contributed by atoms with Gasteiger partial charge in [-0.1, -0.05) is 13.3 Å². The summed E-state index contributed by atoms with van der Waals surface area (Å²) in [4.78, 5) is 11.2. The van der Waals surface area contributed by atoms with Gasteiger partial charge in [-0.05, 0) is 18.6 Å². The van der Waals surface area contributed by atoms with Crippen LogP contribution < -0.4 is 5.32 Å². The predicted molar refractivity (Wildman–Crippen MR) is 60.1 cm³/mol. The fourth-order valence-electron chi connectivity index (χ4n) is 0.874. The zero-order valence-electron chi connectivity index (χ0n) is 8.71. The fraction of sp³-hybridized carbons (Fsp3) is 0.800. The van der Waals surface area contributed by atoms with Crippen molar-refractivity contribution in [1.82, 2.24) is 5.32 Å². The van der Waals surface area contributed by atoms with Crippen molar-refractivity contribution in [3.8, 4) is 6.07 Å². The molecule has 0 aromatic rings. The maximum absolute atomic E-state index is 11.2. The molecule has 0 saturated carbocycles. The zero-order valence-corrected chi connectivity index (χ0v) is 9.53. The lowest BCUT2D eigenvalue weighted by Gasteiger charge is -2.03. The van der Waals surface area contributed by atoms with Gasteiger partial charge in [-0.3, -0.25) is 4.79 Å². The molecule has 0 aromatic heterocycles. The minimum Gasteiger partial charge on any atom is -0.355 e. The number of nitrogens with one attached hydrogen (secondary N) is 1. The average molecular weight is 214 g/mol. The number of carbonyl (C=O) groups excluding carboxylic acids is 1. The van der Waals surface area contributed by atoms with Crippen molar-refractivity contribution >= 4 is 17.7 Å². The number of hydrogen-bond acceptors (Lipinski definition) is 3. The van der Waals surface area contributed by atoms with Crippen LogP contribution >= 0.6 is 11.8 Å². The highest BCUT2D eigenvalue weighted by atomic mass is 32.2. The number of hydrogen-bond donors (Lipinski definition) is 1. The summed E-state index contributed by atoms with van der Waals surface area (Å²) in [6.45, 7) is 2.89. The van der Waals surface area contributed by atoms with Crippen LogP contribution in [0.5, 0.6) is 0 Å². The highest BCUT2D eigenvalue weighted by Gasteiger charge is 1.99. The molecule has 1 amide bonds. The van der Waals surface area contributed by atoms with E-state index in [2.05, 4.69) is 18.3 Å². The summed E-state index contributed by atoms with van der Waals surface area (Å²) in [7, 11) is 0. The lowest BCUT2D eigenvalue weighted by Crippen LogP contribution is -2.26. The molecule has 0 radical (unpaired) electrons. The number of nitriles is 1. The molecule has 0 aromatic carbocycles. The van der Waals surface area contributed by atoms with Crippen LogP contribution in [0, 0.1) is 11.3 Å². The van der Waals surface area contributed by atoms with Gasteiger partial charge in [-0.2, -0.15) is 17.0 Å². The Labute approximate surface area is 90.3 Å². The number of nitrogens with zero attached hydrogens (tertiary/aromatic N) is 1. The summed E-state index contributed by atoms with van der Waals surface area (Å²) in [5, 5.41) is 11.1. The topological polar surface area (TPSA) is 52.9 Å². The number of unbranched alkanes of at least 4 members (excludes halogenated alkanes) is 2. The van der Waals surface area contributed by atoms with Crippen molar-refractivity contribution in [1.29, 1.82) is 5.26 Å². The van der Waals surface area contributed by atoms with Crippen LogP contribution in [0.3, 0.4) is 0 Å². The standard InChI is InChI=1S/C10H18N2OS/c1-2-3-7-12-10(13)9-14-8-5-4-6-11/h2-5,7-9H2,1H3,(H,12,13). The molecular formula is C10H18N2OS. The van der Waals surface area contributed by atoms with E-state index < -0.39 is 0 Å². The van der Waals surface area contributed by atoms with Gasteiger partial charge in [-0.25, -0.2) is 0 Å². The van der Waals surface area contributed by atoms with E-state index in [1.54, 1.807) is 11.8 Å². The Morgan fingerprint density at radius 1 is 1.50 bits per heavy atom. The molecule has 0 aliphatic rings. The Bertz CT molecular complexity index is 189. The number of thioether (sulfide) groups is 1. The monoisotopic (exact) mass is 214 g/mol. The van der Waals surface area contributed by atoms with E-state index in [0.717, 1.165) is 31.6 Å². The maximum atomic E-state index is 11.2. The third kappa shape index (κ3) is 9.40. The molecule has 0 rings (SSSR count). The molecular weight excluding hydrogens is 196 g/mol. The molecule has 3 nitrogen and oxygen atoms in total. The largest absolute Gasteiger partial charge is 0.355 e. The Morgan fingerprint density at radius 2 is 2.29 bits per heavy atom. The molecule has 0 heterocycles. The first-order valence-electron chi connectivity index (χ1n) is 5.02. The second-order valence-electron chi connectivity index (χ2n) is 3.02. The van der Waals surface area contributed by atoms with E-state index in [9.17, 15) is 4.79 Å². The molecule has 0 aliphatic heterocycles. The van der Waals surface area contributed by atoms with Gasteiger partial charge >= 0.3 is 0 Å². The van der Waals surface area contributed by atoms with Gasteiger partial charge in [0, 0.05) is 13.0 Å². The first kappa shape index (κ1) is 13.3. The van der Waals surface area contributed by atoms with Gasteiger partial charge in [0.25, 0.3) is 0 Å². The quantitative estimate of drug-likeness (QED) is 0.628. The number of carbonyl (C=O) groups is 1. The fourth-order valence-corrected chi connectivity index (χ4v) is 1.65. The first-order chi connectivity index (χ1) is 6.81. The van der Waals surface area contributed by atoms with Gasteiger partial charge in [0.2, 0.25) is 5.91 Å². The van der Waals surface area contributed by atoms with Crippen LogP contribution in [0.15, 0.2) is 0 Å². The third-order valence-electron chi connectivity index (χ3n) is 1.66. The lowest BCUT2D eigenvalue weighted by atomic mass is 10.3. The summed E-state index contributed by atoms with van der Waals surface area (Å²) in [5.41, 5.74) is 0. The number of amides is 1. The van der Waals surface area contributed by atoms with E-state index >= 15 is 0 Å². The molecule has 0 unspecified atom stereocenters. The molecule has 0 saturated heterocycles. The summed E-state index contributed by atoms with van der Waals surface area (Å²) in [5.74, 6) is 1.53. The van der Waals surface area contributed by atoms with Crippen molar-refractivity contribution in [3.63, 3.8) is 0 Å². The van der Waals surface area contributed by atoms with Crippen LogP contribution in [0.4, 0.5) is 0 Å². The van der Waals surface area contributed by atoms with Crippen LogP contribution in [0.1, 0.15) is 32.6 Å². The van der Waals surface area contributed by atoms with Crippen molar-refractivity contribution in [2.45, 2.75) is 32.6 Å². The molecule has 0 aliphatic carbocycles. The van der Waals surface area contributed by atoms with Gasteiger partial charge in [0.05, 0.1) is 11.8 Å². The first-order valence-corrected chi connectivity index (χ1v) is 6.18. The SMILES string of the molecule is CCCCNC(=O)CSCCCC#N. The van der Waals surface area contributed by atoms with E-state index in [4.69, 9.17) is 5.26 Å². The highest BCUT2D eigenvalue weighted by molar-refractivity contribution is 7.99. The Hall–Kier alpha value is -0.690. The second-order valence-corrected chi connectivity index (χ2v) is 4.12. The lowest BCUT2D eigenvalue weighted by molar-refractivity contribution is -0.118. The van der Waals surface area contributed by atoms with E-state index in [0.29, 0.717) is 12.2 Å². The molecule has 80 valence electrons. The molecule has 0 atom stereocenters. The maximum Gasteiger partial charge on any atom is 0.229 e. The highest BCUT2D eigenvalue weighted by Crippen LogP contribution is 2.03. The van der Waals surface area contributed by atoms with Gasteiger partial charge < -0.3 is 5.32 Å². The smallest absolute Gasteiger partial charge is 0.229 e. The molecule has 14 heavy (non-hydrogen) atoms. The Morgan fingerprint density at radius 3 is 2.93 bits per heavy atom. The normalized spacial score (nSPS) is 9.43. The van der Waals surface area contributed by atoms with Crippen molar-refractivity contribution in [2.75, 3.05) is 18.1 Å². The Kier molecular flexibility index (Phi) is 9.88. The van der Waals surface area contributed by atoms with Gasteiger partial charge in [0.15, 0.2) is 0 Å². The van der Waals surface area contributed by atoms with E-state index in [-0.39, 0.29) is 5.91 Å². The van der Waals surface area contributed by atoms with Gasteiger partial charge in [-0.15, -0.1) is 0 Å². The molecule has 0 bridgehead atoms. The molecule has 1 N–H and O–H groups in total. The third-order valence-corrected chi connectivity index (χ3v) is 2.71. The number of rotatable bonds is 8. The van der Waals surface area contributed by atoms with Crippen LogP contribution in [-0.2, 0) is 4.79 Å². The van der Waals surface area contributed by atoms with Crippen molar-refractivity contribution in [2.24, 2.45) is 0 Å². The van der Waals surface area contributed by atoms with E-state index in [1.165, 1.54) is 0 Å². The second kappa shape index (κ2) is 10.4. The molecule has 0 fully saturated rings. The average Bonchev–Trinajstić information content (AvgIpc) is 2.18. The summed E-state index contributed by atoms with van der Waals surface area (Å²) in [6.07, 6.45) is 3.62. The summed E-state index contributed by atoms with van der Waals surface area (Å²) >= 11 is 1.60. The van der Waals surface area contributed by atoms with Crippen molar-refractivity contribution < 1.29 is 4.79 Å². The van der Waals surface area contributed by atoms with Gasteiger partial charge in [0.1, 0.15) is 0 Å². The Balaban J connectivity index is 3.15. The predicted octanol–water partition coefficient (Wildman–Crippen LogP) is 1.94. The van der Waals surface area contributed by atoms with Crippen LogP contribution in [0.2, 0.25) is 0 Å². The summed E-state index contributed by atoms with van der Waals surface area (Å²) in [6, 6.07) is 2.08. The zero-order chi connectivity index (χ0) is 10.6. The van der Waals surface area contributed by atoms with E-state index in [1.807, 2.05) is 0 Å². The summed E-state index contributed by atoms with van der Waals surface area (Å²) < 4.78 is 0.